The Bertz CT molecular complexity index is 526. The summed E-state index contributed by atoms with van der Waals surface area (Å²) in [6.07, 6.45) is 0. The van der Waals surface area contributed by atoms with Crippen molar-refractivity contribution >= 4 is 17.3 Å². The summed E-state index contributed by atoms with van der Waals surface area (Å²) >= 11 is 1.63. The summed E-state index contributed by atoms with van der Waals surface area (Å²) in [6.45, 7) is 6.09. The lowest BCUT2D eigenvalue weighted by atomic mass is 10.1. The van der Waals surface area contributed by atoms with Crippen molar-refractivity contribution < 1.29 is 9.53 Å². The van der Waals surface area contributed by atoms with Crippen LogP contribution in [-0.2, 0) is 4.74 Å². The lowest BCUT2D eigenvalue weighted by Gasteiger charge is -2.04. The molecule has 0 fully saturated rings. The van der Waals surface area contributed by atoms with E-state index in [-0.39, 0.29) is 5.97 Å². The van der Waals surface area contributed by atoms with Gasteiger partial charge in [0.1, 0.15) is 0 Å². The van der Waals surface area contributed by atoms with Crippen molar-refractivity contribution in [2.75, 3.05) is 6.61 Å². The van der Waals surface area contributed by atoms with Crippen LogP contribution in [0.3, 0.4) is 0 Å². The molecule has 3 nitrogen and oxygen atoms in total. The van der Waals surface area contributed by atoms with Crippen molar-refractivity contribution in [1.82, 2.24) is 4.98 Å². The molecule has 2 heterocycles. The molecule has 0 aliphatic carbocycles. The number of carbonyl (C=O) groups excluding carboxylic acids is 1. The fourth-order valence-corrected chi connectivity index (χ4v) is 2.80. The average molecular weight is 249 g/mol. The summed E-state index contributed by atoms with van der Waals surface area (Å²) in [5.74, 6) is -0.252. The molecule has 0 atom stereocenters. The van der Waals surface area contributed by atoms with E-state index in [1.54, 1.807) is 11.3 Å². The van der Waals surface area contributed by atoms with Gasteiger partial charge in [0.05, 0.1) is 12.2 Å². The fraction of sp³-hybridized carbons (Fsp3) is 0.308. The first-order chi connectivity index (χ1) is 8.15. The van der Waals surface area contributed by atoms with Gasteiger partial charge in [-0.15, -0.1) is 11.3 Å². The van der Waals surface area contributed by atoms with E-state index < -0.39 is 0 Å². The number of hydrogen-bond donors (Lipinski definition) is 1. The highest BCUT2D eigenvalue weighted by Gasteiger charge is 2.21. The second-order valence-corrected chi connectivity index (χ2v) is 4.77. The molecule has 0 saturated carbocycles. The lowest BCUT2D eigenvalue weighted by Crippen LogP contribution is -2.06. The van der Waals surface area contributed by atoms with Crippen molar-refractivity contribution in [3.63, 3.8) is 0 Å². The number of esters is 1. The molecule has 0 radical (unpaired) electrons. The molecule has 2 aromatic rings. The van der Waals surface area contributed by atoms with Crippen molar-refractivity contribution in [2.24, 2.45) is 0 Å². The number of aromatic amines is 1. The third-order valence-electron chi connectivity index (χ3n) is 2.62. The molecule has 2 aromatic heterocycles. The zero-order valence-electron chi connectivity index (χ0n) is 10.2. The Morgan fingerprint density at radius 2 is 2.18 bits per heavy atom. The molecular formula is C13H15NO2S. The van der Waals surface area contributed by atoms with Crippen molar-refractivity contribution in [3.05, 3.63) is 34.5 Å². The third kappa shape index (κ3) is 2.13. The summed E-state index contributed by atoms with van der Waals surface area (Å²) in [4.78, 5) is 16.3. The number of H-pyrrole nitrogens is 1. The van der Waals surface area contributed by atoms with Gasteiger partial charge in [0.15, 0.2) is 0 Å². The molecule has 90 valence electrons. The lowest BCUT2D eigenvalue weighted by molar-refractivity contribution is 0.0526. The van der Waals surface area contributed by atoms with E-state index in [1.807, 2.05) is 38.3 Å². The first-order valence-corrected chi connectivity index (χ1v) is 6.43. The van der Waals surface area contributed by atoms with Gasteiger partial charge in [-0.25, -0.2) is 4.79 Å². The number of rotatable bonds is 3. The van der Waals surface area contributed by atoms with Crippen LogP contribution in [0.4, 0.5) is 0 Å². The van der Waals surface area contributed by atoms with Crippen LogP contribution in [0.1, 0.15) is 28.7 Å². The number of aromatic nitrogens is 1. The third-order valence-corrected chi connectivity index (χ3v) is 3.51. The second kappa shape index (κ2) is 4.75. The van der Waals surface area contributed by atoms with E-state index in [1.165, 1.54) is 0 Å². The van der Waals surface area contributed by atoms with E-state index in [2.05, 4.69) is 4.98 Å². The Morgan fingerprint density at radius 3 is 2.76 bits per heavy atom. The van der Waals surface area contributed by atoms with Crippen molar-refractivity contribution in [1.29, 1.82) is 0 Å². The van der Waals surface area contributed by atoms with Gasteiger partial charge in [0.2, 0.25) is 0 Å². The number of nitrogens with one attached hydrogen (secondary N) is 1. The number of ether oxygens (including phenoxy) is 1. The maximum absolute atomic E-state index is 12.0. The Labute approximate surface area is 104 Å². The minimum Gasteiger partial charge on any atom is -0.462 e. The van der Waals surface area contributed by atoms with Crippen LogP contribution in [-0.4, -0.2) is 17.6 Å². The maximum atomic E-state index is 12.0. The number of carbonyl (C=O) groups is 1. The summed E-state index contributed by atoms with van der Waals surface area (Å²) in [6, 6.07) is 4.00. The molecular weight excluding hydrogens is 234 g/mol. The van der Waals surface area contributed by atoms with Crippen LogP contribution in [0.25, 0.3) is 10.4 Å². The zero-order chi connectivity index (χ0) is 12.4. The van der Waals surface area contributed by atoms with Crippen LogP contribution in [0.2, 0.25) is 0 Å². The van der Waals surface area contributed by atoms with Gasteiger partial charge in [0, 0.05) is 21.8 Å². The predicted molar refractivity (Wildman–Crippen MR) is 69.5 cm³/mol. The van der Waals surface area contributed by atoms with E-state index in [9.17, 15) is 4.79 Å². The molecule has 17 heavy (non-hydrogen) atoms. The van der Waals surface area contributed by atoms with Gasteiger partial charge in [-0.05, 0) is 32.2 Å². The largest absolute Gasteiger partial charge is 0.462 e. The highest BCUT2D eigenvalue weighted by molar-refractivity contribution is 7.13. The van der Waals surface area contributed by atoms with Crippen LogP contribution in [0, 0.1) is 13.8 Å². The van der Waals surface area contributed by atoms with Crippen LogP contribution >= 0.6 is 11.3 Å². The minimum atomic E-state index is -0.252. The van der Waals surface area contributed by atoms with Gasteiger partial charge in [-0.2, -0.15) is 0 Å². The highest BCUT2D eigenvalue weighted by Crippen LogP contribution is 2.33. The van der Waals surface area contributed by atoms with Gasteiger partial charge in [0.25, 0.3) is 0 Å². The molecule has 0 spiro atoms. The molecule has 0 aliphatic heterocycles. The smallest absolute Gasteiger partial charge is 0.340 e. The normalized spacial score (nSPS) is 10.5. The SMILES string of the molecule is CCOC(=O)c1c(C)[nH]c(C)c1-c1cccs1. The monoisotopic (exact) mass is 249 g/mol. The Balaban J connectivity index is 2.55. The molecule has 0 aromatic carbocycles. The van der Waals surface area contributed by atoms with E-state index >= 15 is 0 Å². The summed E-state index contributed by atoms with van der Waals surface area (Å²) < 4.78 is 5.11. The average Bonchev–Trinajstić information content (AvgIpc) is 2.85. The van der Waals surface area contributed by atoms with E-state index in [4.69, 9.17) is 4.74 Å². The molecule has 2 rings (SSSR count). The first-order valence-electron chi connectivity index (χ1n) is 5.55. The molecule has 0 saturated heterocycles. The van der Waals surface area contributed by atoms with E-state index in [0.717, 1.165) is 21.8 Å². The quantitative estimate of drug-likeness (QED) is 0.845. The van der Waals surface area contributed by atoms with E-state index in [0.29, 0.717) is 12.2 Å². The number of thiophene rings is 1. The van der Waals surface area contributed by atoms with Gasteiger partial charge in [-0.1, -0.05) is 6.07 Å². The van der Waals surface area contributed by atoms with Crippen LogP contribution < -0.4 is 0 Å². The molecule has 4 heteroatoms. The number of hydrogen-bond acceptors (Lipinski definition) is 3. The molecule has 0 unspecified atom stereocenters. The second-order valence-electron chi connectivity index (χ2n) is 3.82. The van der Waals surface area contributed by atoms with Crippen molar-refractivity contribution in [3.8, 4) is 10.4 Å². The Kier molecular flexibility index (Phi) is 3.33. The summed E-state index contributed by atoms with van der Waals surface area (Å²) in [5.41, 5.74) is 3.50. The van der Waals surface area contributed by atoms with Gasteiger partial charge < -0.3 is 9.72 Å². The molecule has 1 N–H and O–H groups in total. The van der Waals surface area contributed by atoms with Crippen LogP contribution in [0.15, 0.2) is 17.5 Å². The molecule has 0 bridgehead atoms. The minimum absolute atomic E-state index is 0.252. The first kappa shape index (κ1) is 11.9. The standard InChI is InChI=1S/C13H15NO2S/c1-4-16-13(15)12-9(3)14-8(2)11(12)10-6-5-7-17-10/h5-7,14H,4H2,1-3H3. The predicted octanol–water partition coefficient (Wildman–Crippen LogP) is 3.54. The van der Waals surface area contributed by atoms with Crippen molar-refractivity contribution in [2.45, 2.75) is 20.8 Å². The van der Waals surface area contributed by atoms with Gasteiger partial charge in [-0.3, -0.25) is 0 Å². The Hall–Kier alpha value is -1.55. The van der Waals surface area contributed by atoms with Crippen LogP contribution in [0.5, 0.6) is 0 Å². The zero-order valence-corrected chi connectivity index (χ0v) is 11.0. The topological polar surface area (TPSA) is 42.1 Å². The fourth-order valence-electron chi connectivity index (χ4n) is 1.97. The molecule has 0 aliphatic rings. The highest BCUT2D eigenvalue weighted by atomic mass is 32.1. The summed E-state index contributed by atoms with van der Waals surface area (Å²) in [7, 11) is 0. The molecule has 0 amide bonds. The number of aryl methyl sites for hydroxylation is 2. The van der Waals surface area contributed by atoms with Gasteiger partial charge >= 0.3 is 5.97 Å². The maximum Gasteiger partial charge on any atom is 0.340 e. The summed E-state index contributed by atoms with van der Waals surface area (Å²) in [5, 5.41) is 2.01. The Morgan fingerprint density at radius 1 is 1.41 bits per heavy atom.